The van der Waals surface area contributed by atoms with E-state index in [4.69, 9.17) is 0 Å². The van der Waals surface area contributed by atoms with Crippen molar-refractivity contribution >= 4 is 33.4 Å². The lowest BCUT2D eigenvalue weighted by molar-refractivity contribution is 0.0951. The zero-order valence-electron chi connectivity index (χ0n) is 9.49. The van der Waals surface area contributed by atoms with E-state index in [-0.39, 0.29) is 5.91 Å². The van der Waals surface area contributed by atoms with Crippen LogP contribution in [-0.2, 0) is 6.42 Å². The quantitative estimate of drug-likeness (QED) is 0.820. The second kappa shape index (κ2) is 6.96. The maximum atomic E-state index is 11.8. The lowest BCUT2D eigenvalue weighted by Gasteiger charge is -2.10. The summed E-state index contributed by atoms with van der Waals surface area (Å²) in [6, 6.07) is 0. The first-order valence-corrected chi connectivity index (χ1v) is 7.23. The largest absolute Gasteiger partial charge is 0.351 e. The van der Waals surface area contributed by atoms with E-state index < -0.39 is 0 Å². The molecule has 1 aromatic rings. The van der Waals surface area contributed by atoms with Crippen LogP contribution in [0.4, 0.5) is 0 Å². The van der Waals surface area contributed by atoms with Gasteiger partial charge in [0.25, 0.3) is 5.91 Å². The predicted octanol–water partition coefficient (Wildman–Crippen LogP) is 2.25. The summed E-state index contributed by atoms with van der Waals surface area (Å²) in [5.74, 6) is 0.433. The Morgan fingerprint density at radius 2 is 2.38 bits per heavy atom. The van der Waals surface area contributed by atoms with Crippen LogP contribution in [-0.4, -0.2) is 27.4 Å². The summed E-state index contributed by atoms with van der Waals surface area (Å²) >= 11 is 4.55. The van der Waals surface area contributed by atoms with Gasteiger partial charge in [-0.1, -0.05) is 34.3 Å². The predicted molar refractivity (Wildman–Crippen MR) is 69.2 cm³/mol. The fourth-order valence-electron chi connectivity index (χ4n) is 1.25. The van der Waals surface area contributed by atoms with Crippen molar-refractivity contribution in [3.63, 3.8) is 0 Å². The molecule has 0 aliphatic carbocycles. The average molecular weight is 306 g/mol. The van der Waals surface area contributed by atoms with E-state index in [0.717, 1.165) is 35.4 Å². The second-order valence-electron chi connectivity index (χ2n) is 3.70. The lowest BCUT2D eigenvalue weighted by atomic mass is 10.1. The van der Waals surface area contributed by atoms with Crippen molar-refractivity contribution in [2.75, 3.05) is 11.9 Å². The van der Waals surface area contributed by atoms with Crippen LogP contribution in [0.2, 0.25) is 0 Å². The SMILES string of the molecule is CCc1nnsc1C(=O)NCC(C)CCBr. The maximum absolute atomic E-state index is 11.8. The fraction of sp³-hybridized carbons (Fsp3) is 0.700. The fourth-order valence-corrected chi connectivity index (χ4v) is 2.70. The first-order chi connectivity index (χ1) is 7.69. The molecule has 1 heterocycles. The van der Waals surface area contributed by atoms with Crippen LogP contribution in [0, 0.1) is 5.92 Å². The number of rotatable bonds is 6. The Balaban J connectivity index is 2.46. The highest BCUT2D eigenvalue weighted by atomic mass is 79.9. The van der Waals surface area contributed by atoms with Gasteiger partial charge in [0.2, 0.25) is 0 Å². The number of alkyl halides is 1. The van der Waals surface area contributed by atoms with E-state index in [9.17, 15) is 4.79 Å². The molecule has 0 aromatic carbocycles. The van der Waals surface area contributed by atoms with Crippen molar-refractivity contribution in [1.82, 2.24) is 14.9 Å². The number of amides is 1. The molecule has 1 unspecified atom stereocenters. The third-order valence-corrected chi connectivity index (χ3v) is 3.53. The molecule has 1 rings (SSSR count). The molecule has 0 bridgehead atoms. The van der Waals surface area contributed by atoms with E-state index in [1.165, 1.54) is 0 Å². The molecule has 90 valence electrons. The van der Waals surface area contributed by atoms with Crippen LogP contribution >= 0.6 is 27.5 Å². The van der Waals surface area contributed by atoms with Gasteiger partial charge >= 0.3 is 0 Å². The molecule has 0 saturated heterocycles. The molecule has 1 atom stereocenters. The minimum Gasteiger partial charge on any atom is -0.351 e. The highest BCUT2D eigenvalue weighted by Crippen LogP contribution is 2.11. The first kappa shape index (κ1) is 13.6. The number of aromatic nitrogens is 2. The molecule has 6 heteroatoms. The molecule has 0 aliphatic rings. The molecule has 1 N–H and O–H groups in total. The maximum Gasteiger partial charge on any atom is 0.264 e. The Labute approximate surface area is 108 Å². The Hall–Kier alpha value is -0.490. The summed E-state index contributed by atoms with van der Waals surface area (Å²) < 4.78 is 3.80. The van der Waals surface area contributed by atoms with Gasteiger partial charge in [0.1, 0.15) is 4.88 Å². The highest BCUT2D eigenvalue weighted by molar-refractivity contribution is 9.09. The monoisotopic (exact) mass is 305 g/mol. The van der Waals surface area contributed by atoms with Crippen molar-refractivity contribution in [3.05, 3.63) is 10.6 Å². The summed E-state index contributed by atoms with van der Waals surface area (Å²) in [5.41, 5.74) is 0.788. The second-order valence-corrected chi connectivity index (χ2v) is 5.24. The molecule has 0 saturated carbocycles. The van der Waals surface area contributed by atoms with Crippen molar-refractivity contribution in [2.24, 2.45) is 5.92 Å². The Kier molecular flexibility index (Phi) is 5.90. The van der Waals surface area contributed by atoms with E-state index in [1.54, 1.807) is 0 Å². The molecule has 0 fully saturated rings. The van der Waals surface area contributed by atoms with Crippen molar-refractivity contribution in [1.29, 1.82) is 0 Å². The molecule has 1 aromatic heterocycles. The lowest BCUT2D eigenvalue weighted by Crippen LogP contribution is -2.28. The van der Waals surface area contributed by atoms with E-state index in [0.29, 0.717) is 17.3 Å². The Morgan fingerprint density at radius 1 is 1.62 bits per heavy atom. The molecule has 0 aliphatic heterocycles. The standard InChI is InChI=1S/C10H16BrN3OS/c1-3-8-9(16-14-13-8)10(15)12-6-7(2)4-5-11/h7H,3-6H2,1-2H3,(H,12,15). The van der Waals surface area contributed by atoms with Crippen LogP contribution in [0.5, 0.6) is 0 Å². The van der Waals surface area contributed by atoms with E-state index >= 15 is 0 Å². The van der Waals surface area contributed by atoms with Crippen LogP contribution in [0.1, 0.15) is 35.6 Å². The summed E-state index contributed by atoms with van der Waals surface area (Å²) in [6.45, 7) is 4.79. The normalized spacial score (nSPS) is 12.4. The summed E-state index contributed by atoms with van der Waals surface area (Å²) in [5, 5.41) is 7.80. The minimum absolute atomic E-state index is 0.0479. The number of halogens is 1. The number of hydrogen-bond acceptors (Lipinski definition) is 4. The molecule has 4 nitrogen and oxygen atoms in total. The molecule has 0 radical (unpaired) electrons. The molecule has 16 heavy (non-hydrogen) atoms. The summed E-state index contributed by atoms with van der Waals surface area (Å²) in [7, 11) is 0. The van der Waals surface area contributed by atoms with Crippen LogP contribution in [0.3, 0.4) is 0 Å². The first-order valence-electron chi connectivity index (χ1n) is 5.34. The van der Waals surface area contributed by atoms with Gasteiger partial charge in [-0.3, -0.25) is 4.79 Å². The third kappa shape index (κ3) is 3.83. The van der Waals surface area contributed by atoms with E-state index in [1.807, 2.05) is 6.92 Å². The van der Waals surface area contributed by atoms with Crippen molar-refractivity contribution in [2.45, 2.75) is 26.7 Å². The van der Waals surface area contributed by atoms with Gasteiger partial charge in [-0.15, -0.1) is 5.10 Å². The van der Waals surface area contributed by atoms with Gasteiger partial charge < -0.3 is 5.32 Å². The van der Waals surface area contributed by atoms with Gasteiger partial charge in [-0.2, -0.15) is 0 Å². The number of carbonyl (C=O) groups is 1. The van der Waals surface area contributed by atoms with Crippen LogP contribution in [0.25, 0.3) is 0 Å². The highest BCUT2D eigenvalue weighted by Gasteiger charge is 2.15. The minimum atomic E-state index is -0.0479. The molecule has 1 amide bonds. The number of hydrogen-bond donors (Lipinski definition) is 1. The van der Waals surface area contributed by atoms with Crippen LogP contribution < -0.4 is 5.32 Å². The van der Waals surface area contributed by atoms with Gasteiger partial charge in [-0.05, 0) is 30.3 Å². The van der Waals surface area contributed by atoms with Gasteiger partial charge in [0, 0.05) is 11.9 Å². The Morgan fingerprint density at radius 3 is 3.00 bits per heavy atom. The van der Waals surface area contributed by atoms with Gasteiger partial charge in [-0.25, -0.2) is 0 Å². The molecule has 0 spiro atoms. The summed E-state index contributed by atoms with van der Waals surface area (Å²) in [6.07, 6.45) is 1.80. The van der Waals surface area contributed by atoms with Crippen molar-refractivity contribution < 1.29 is 4.79 Å². The number of carbonyl (C=O) groups excluding carboxylic acids is 1. The topological polar surface area (TPSA) is 54.9 Å². The van der Waals surface area contributed by atoms with E-state index in [2.05, 4.69) is 37.8 Å². The van der Waals surface area contributed by atoms with Gasteiger partial charge in [0.15, 0.2) is 0 Å². The molecular weight excluding hydrogens is 290 g/mol. The number of nitrogens with zero attached hydrogens (tertiary/aromatic N) is 2. The van der Waals surface area contributed by atoms with Crippen molar-refractivity contribution in [3.8, 4) is 0 Å². The Bertz CT molecular complexity index is 343. The number of aryl methyl sites for hydroxylation is 1. The number of nitrogens with one attached hydrogen (secondary N) is 1. The average Bonchev–Trinajstić information content (AvgIpc) is 2.74. The van der Waals surface area contributed by atoms with Crippen LogP contribution in [0.15, 0.2) is 0 Å². The smallest absolute Gasteiger partial charge is 0.264 e. The van der Waals surface area contributed by atoms with Gasteiger partial charge in [0.05, 0.1) is 5.69 Å². The zero-order chi connectivity index (χ0) is 12.0. The molecular formula is C10H16BrN3OS. The third-order valence-electron chi connectivity index (χ3n) is 2.31. The summed E-state index contributed by atoms with van der Waals surface area (Å²) in [4.78, 5) is 12.4. The zero-order valence-corrected chi connectivity index (χ0v) is 11.9.